The molecule has 2 atom stereocenters. The molecule has 0 saturated heterocycles. The van der Waals surface area contributed by atoms with E-state index in [1.54, 1.807) is 77.2 Å². The molecule has 0 spiro atoms. The molecule has 10 heteroatoms. The van der Waals surface area contributed by atoms with Crippen LogP contribution in [0.3, 0.4) is 0 Å². The second kappa shape index (κ2) is 14.7. The monoisotopic (exact) mass is 551 g/mol. The molecule has 1 heterocycles. The molecule has 3 aromatic rings. The lowest BCUT2D eigenvalue weighted by molar-refractivity contribution is -0.120. The SMILES string of the molecule is CNc1ccc(NC(=O)C(C)N(C)C(=O)OC(C)(C)C)nc1C#Cc1ccccc1.O=S([O-])c1ccccc1.[HH]. The van der Waals surface area contributed by atoms with Crippen LogP contribution in [0.4, 0.5) is 16.3 Å². The Balaban J connectivity index is 0.000000678. The Morgan fingerprint density at radius 2 is 1.62 bits per heavy atom. The third-order valence-corrected chi connectivity index (χ3v) is 5.75. The molecule has 0 bridgehead atoms. The Kier molecular flexibility index (Phi) is 11.7. The minimum absolute atomic E-state index is 0. The lowest BCUT2D eigenvalue weighted by Crippen LogP contribution is -2.45. The summed E-state index contributed by atoms with van der Waals surface area (Å²) in [4.78, 5) is 30.8. The van der Waals surface area contributed by atoms with Crippen molar-refractivity contribution in [1.82, 2.24) is 9.88 Å². The van der Waals surface area contributed by atoms with E-state index < -0.39 is 28.8 Å². The first-order valence-corrected chi connectivity index (χ1v) is 13.2. The van der Waals surface area contributed by atoms with E-state index in [0.29, 0.717) is 16.4 Å². The molecule has 2 amide bonds. The van der Waals surface area contributed by atoms with Crippen molar-refractivity contribution in [2.75, 3.05) is 24.7 Å². The van der Waals surface area contributed by atoms with Crippen LogP contribution < -0.4 is 10.6 Å². The lowest BCUT2D eigenvalue weighted by atomic mass is 10.2. The van der Waals surface area contributed by atoms with E-state index >= 15 is 0 Å². The highest BCUT2D eigenvalue weighted by Crippen LogP contribution is 2.17. The largest absolute Gasteiger partial charge is 0.768 e. The van der Waals surface area contributed by atoms with E-state index in [1.807, 2.05) is 30.3 Å². The van der Waals surface area contributed by atoms with Gasteiger partial charge >= 0.3 is 6.09 Å². The average molecular weight is 552 g/mol. The molecular weight excluding hydrogens is 516 g/mol. The zero-order chi connectivity index (χ0) is 29.0. The van der Waals surface area contributed by atoms with Gasteiger partial charge in [0.15, 0.2) is 0 Å². The summed E-state index contributed by atoms with van der Waals surface area (Å²) in [5.74, 6) is 6.06. The molecule has 0 aliphatic rings. The van der Waals surface area contributed by atoms with Crippen molar-refractivity contribution in [2.45, 2.75) is 44.2 Å². The molecular formula is C29H35N4O5S-. The molecule has 39 heavy (non-hydrogen) atoms. The fourth-order valence-electron chi connectivity index (χ4n) is 2.91. The predicted octanol–water partition coefficient (Wildman–Crippen LogP) is 4.89. The van der Waals surface area contributed by atoms with Gasteiger partial charge in [-0.05, 0) is 81.1 Å². The standard InChI is InChI=1S/C23H28N4O3.C6H6O2S.H2/c1-16(27(6)22(29)30-23(2,3)4)21(28)26-20-15-14-18(24-5)19(25-20)13-12-17-10-8-7-9-11-17;7-9(8)6-4-2-1-3-5-6;/h7-11,14-16,24H,1-6H3,(H,25,26,28);1-5H,(H,7,8);1H/p-1. The van der Waals surface area contributed by atoms with Gasteiger partial charge in [0.2, 0.25) is 5.91 Å². The first-order valence-electron chi connectivity index (χ1n) is 12.1. The number of hydrogen-bond acceptors (Lipinski definition) is 7. The minimum atomic E-state index is -2.08. The molecule has 3 rings (SSSR count). The fourth-order valence-corrected chi connectivity index (χ4v) is 3.29. The summed E-state index contributed by atoms with van der Waals surface area (Å²) in [5.41, 5.74) is 1.48. The number of ether oxygens (including phenoxy) is 1. The van der Waals surface area contributed by atoms with Crippen LogP contribution in [-0.2, 0) is 20.6 Å². The summed E-state index contributed by atoms with van der Waals surface area (Å²) in [6, 6.07) is 20.5. The molecule has 2 unspecified atom stereocenters. The second-order valence-corrected chi connectivity index (χ2v) is 10.2. The van der Waals surface area contributed by atoms with Gasteiger partial charge in [-0.1, -0.05) is 42.3 Å². The molecule has 0 aliphatic heterocycles. The van der Waals surface area contributed by atoms with Crippen LogP contribution in [0.25, 0.3) is 0 Å². The van der Waals surface area contributed by atoms with Crippen molar-refractivity contribution in [3.05, 3.63) is 84.1 Å². The molecule has 1 aromatic heterocycles. The van der Waals surface area contributed by atoms with Crippen molar-refractivity contribution in [3.8, 4) is 11.8 Å². The zero-order valence-corrected chi connectivity index (χ0v) is 23.7. The third kappa shape index (κ3) is 10.6. The van der Waals surface area contributed by atoms with Gasteiger partial charge in [0.25, 0.3) is 0 Å². The van der Waals surface area contributed by atoms with Crippen molar-refractivity contribution >= 4 is 34.6 Å². The number of nitrogens with one attached hydrogen (secondary N) is 2. The third-order valence-electron chi connectivity index (χ3n) is 5.09. The highest BCUT2D eigenvalue weighted by molar-refractivity contribution is 7.79. The van der Waals surface area contributed by atoms with E-state index in [2.05, 4.69) is 27.5 Å². The second-order valence-electron chi connectivity index (χ2n) is 9.26. The van der Waals surface area contributed by atoms with Gasteiger partial charge in [-0.2, -0.15) is 0 Å². The topological polar surface area (TPSA) is 124 Å². The zero-order valence-electron chi connectivity index (χ0n) is 22.8. The van der Waals surface area contributed by atoms with Crippen LogP contribution in [0, 0.1) is 11.8 Å². The Labute approximate surface area is 233 Å². The first-order chi connectivity index (χ1) is 18.4. The molecule has 0 saturated carbocycles. The van der Waals surface area contributed by atoms with Crippen molar-refractivity contribution < 1.29 is 24.5 Å². The molecule has 2 aromatic carbocycles. The van der Waals surface area contributed by atoms with E-state index in [1.165, 1.54) is 11.9 Å². The van der Waals surface area contributed by atoms with Crippen LogP contribution in [0.15, 0.2) is 77.7 Å². The average Bonchev–Trinajstić information content (AvgIpc) is 2.91. The maximum Gasteiger partial charge on any atom is 0.410 e. The van der Waals surface area contributed by atoms with Crippen LogP contribution >= 0.6 is 0 Å². The number of rotatable bonds is 5. The Bertz CT molecular complexity index is 1340. The highest BCUT2D eigenvalue weighted by atomic mass is 32.2. The van der Waals surface area contributed by atoms with Gasteiger partial charge in [-0.3, -0.25) is 13.9 Å². The summed E-state index contributed by atoms with van der Waals surface area (Å²) >= 11 is -2.08. The number of pyridine rings is 1. The quantitative estimate of drug-likeness (QED) is 0.342. The molecule has 0 aliphatic carbocycles. The van der Waals surface area contributed by atoms with Crippen LogP contribution in [-0.4, -0.2) is 56.4 Å². The van der Waals surface area contributed by atoms with Crippen molar-refractivity contribution in [2.24, 2.45) is 0 Å². The number of amides is 2. The maximum absolute atomic E-state index is 12.6. The van der Waals surface area contributed by atoms with Crippen molar-refractivity contribution in [1.29, 1.82) is 0 Å². The van der Waals surface area contributed by atoms with E-state index in [4.69, 9.17) is 4.74 Å². The molecule has 0 radical (unpaired) electrons. The Morgan fingerprint density at radius 3 is 2.13 bits per heavy atom. The summed E-state index contributed by atoms with van der Waals surface area (Å²) in [5, 5.41) is 5.78. The predicted molar refractivity (Wildman–Crippen MR) is 154 cm³/mol. The summed E-state index contributed by atoms with van der Waals surface area (Å²) in [6.07, 6.45) is -0.571. The summed E-state index contributed by atoms with van der Waals surface area (Å²) in [6.45, 7) is 6.94. The number of anilines is 2. The summed E-state index contributed by atoms with van der Waals surface area (Å²) < 4.78 is 25.7. The normalized spacial score (nSPS) is 11.9. The number of carbonyl (C=O) groups is 2. The number of carbonyl (C=O) groups excluding carboxylic acids is 2. The Morgan fingerprint density at radius 1 is 1.03 bits per heavy atom. The van der Waals surface area contributed by atoms with Gasteiger partial charge in [0.05, 0.1) is 5.69 Å². The van der Waals surface area contributed by atoms with Crippen LogP contribution in [0.2, 0.25) is 0 Å². The number of hydrogen-bond donors (Lipinski definition) is 2. The van der Waals surface area contributed by atoms with Gasteiger partial charge < -0.3 is 19.9 Å². The van der Waals surface area contributed by atoms with Gasteiger partial charge in [0, 0.05) is 26.0 Å². The van der Waals surface area contributed by atoms with Crippen LogP contribution in [0.1, 0.15) is 40.4 Å². The van der Waals surface area contributed by atoms with E-state index in [-0.39, 0.29) is 7.33 Å². The fraction of sp³-hybridized carbons (Fsp3) is 0.276. The molecule has 208 valence electrons. The number of nitrogens with zero attached hydrogens (tertiary/aromatic N) is 2. The van der Waals surface area contributed by atoms with Crippen molar-refractivity contribution in [3.63, 3.8) is 0 Å². The molecule has 2 N–H and O–H groups in total. The first kappa shape index (κ1) is 31.0. The van der Waals surface area contributed by atoms with Gasteiger partial charge in [-0.15, -0.1) is 0 Å². The minimum Gasteiger partial charge on any atom is -0.768 e. The number of likely N-dealkylation sites (N-methyl/N-ethyl adjacent to an activating group) is 1. The van der Waals surface area contributed by atoms with E-state index in [0.717, 1.165) is 11.3 Å². The van der Waals surface area contributed by atoms with E-state index in [9.17, 15) is 18.4 Å². The highest BCUT2D eigenvalue weighted by Gasteiger charge is 2.27. The maximum atomic E-state index is 12.6. The number of aromatic nitrogens is 1. The summed E-state index contributed by atoms with van der Waals surface area (Å²) in [7, 11) is 3.30. The molecule has 9 nitrogen and oxygen atoms in total. The molecule has 0 fully saturated rings. The number of benzene rings is 2. The smallest absolute Gasteiger partial charge is 0.410 e. The van der Waals surface area contributed by atoms with Gasteiger partial charge in [0.1, 0.15) is 23.2 Å². The lowest BCUT2D eigenvalue weighted by Gasteiger charge is -2.28. The van der Waals surface area contributed by atoms with Crippen LogP contribution in [0.5, 0.6) is 0 Å². The van der Waals surface area contributed by atoms with Gasteiger partial charge in [-0.25, -0.2) is 9.78 Å². The Hall–Kier alpha value is -4.20.